The molecule has 1 aliphatic carbocycles. The molecule has 4 nitrogen and oxygen atoms in total. The molecule has 1 N–H and O–H groups in total. The molecule has 0 radical (unpaired) electrons. The molecule has 162 valence electrons. The monoisotopic (exact) mass is 449 g/mol. The number of piperidine rings is 1. The number of carboxylic acids is 1. The van der Waals surface area contributed by atoms with E-state index in [0.29, 0.717) is 6.61 Å². The maximum absolute atomic E-state index is 11.0. The Morgan fingerprint density at radius 2 is 1.90 bits per heavy atom. The second-order valence-corrected chi connectivity index (χ2v) is 8.88. The van der Waals surface area contributed by atoms with Gasteiger partial charge in [0.05, 0.1) is 6.54 Å². The van der Waals surface area contributed by atoms with Crippen molar-refractivity contribution in [3.8, 4) is 5.75 Å². The summed E-state index contributed by atoms with van der Waals surface area (Å²) in [5.41, 5.74) is 5.37. The van der Waals surface area contributed by atoms with Crippen molar-refractivity contribution in [1.29, 1.82) is 0 Å². The van der Waals surface area contributed by atoms with E-state index in [0.717, 1.165) is 61.5 Å². The van der Waals surface area contributed by atoms with Gasteiger partial charge in [-0.25, -0.2) is 0 Å². The lowest BCUT2D eigenvalue weighted by molar-refractivity contribution is -0.138. The van der Waals surface area contributed by atoms with Gasteiger partial charge in [0.2, 0.25) is 0 Å². The Morgan fingerprint density at radius 3 is 2.60 bits per heavy atom. The summed E-state index contributed by atoms with van der Waals surface area (Å²) in [7, 11) is 0. The normalized spacial score (nSPS) is 17.4. The van der Waals surface area contributed by atoms with E-state index in [-0.39, 0.29) is 24.4 Å². The third-order valence-corrected chi connectivity index (χ3v) is 6.92. The zero-order valence-corrected chi connectivity index (χ0v) is 18.9. The molecule has 1 spiro atoms. The minimum Gasteiger partial charge on any atom is -0.489 e. The van der Waals surface area contributed by atoms with Gasteiger partial charge in [-0.15, -0.1) is 12.4 Å². The second-order valence-electron chi connectivity index (χ2n) is 8.47. The van der Waals surface area contributed by atoms with Gasteiger partial charge in [-0.3, -0.25) is 9.69 Å². The lowest BCUT2D eigenvalue weighted by atomic mass is 9.76. The van der Waals surface area contributed by atoms with Crippen LogP contribution in [0.2, 0.25) is 5.02 Å². The summed E-state index contributed by atoms with van der Waals surface area (Å²) in [5.74, 6) is 0.160. The highest BCUT2D eigenvalue weighted by Gasteiger charge is 2.40. The van der Waals surface area contributed by atoms with Crippen LogP contribution in [0.25, 0.3) is 0 Å². The van der Waals surface area contributed by atoms with Crippen LogP contribution in [0.3, 0.4) is 0 Å². The fraction of sp³-hybridized carbons (Fsp3) is 0.458. The molecule has 1 heterocycles. The minimum absolute atomic E-state index is 0. The average molecular weight is 450 g/mol. The molecule has 2 aromatic rings. The summed E-state index contributed by atoms with van der Waals surface area (Å²) in [4.78, 5) is 13.0. The first-order valence-electron chi connectivity index (χ1n) is 10.4. The lowest BCUT2D eigenvalue weighted by Crippen LogP contribution is -2.42. The summed E-state index contributed by atoms with van der Waals surface area (Å²) in [6.07, 6.45) is 5.21. The Balaban J connectivity index is 0.00000256. The number of fused-ring (bicyclic) bond motifs is 1. The third kappa shape index (κ3) is 4.93. The number of nitrogens with zero attached hydrogens (tertiary/aromatic N) is 1. The van der Waals surface area contributed by atoms with Gasteiger partial charge in [-0.05, 0) is 85.5 Å². The van der Waals surface area contributed by atoms with Gasteiger partial charge in [0.15, 0.2) is 0 Å². The molecule has 4 rings (SSSR count). The van der Waals surface area contributed by atoms with E-state index in [1.807, 2.05) is 12.1 Å². The molecule has 0 atom stereocenters. The largest absolute Gasteiger partial charge is 0.489 e. The van der Waals surface area contributed by atoms with Crippen LogP contribution in [0.15, 0.2) is 36.4 Å². The number of rotatable bonds is 6. The Hall–Kier alpha value is -1.75. The highest BCUT2D eigenvalue weighted by Crippen LogP contribution is 2.45. The number of hydrogen-bond acceptors (Lipinski definition) is 3. The molecule has 30 heavy (non-hydrogen) atoms. The van der Waals surface area contributed by atoms with E-state index in [1.54, 1.807) is 0 Å². The van der Waals surface area contributed by atoms with Gasteiger partial charge in [0, 0.05) is 10.6 Å². The van der Waals surface area contributed by atoms with E-state index in [1.165, 1.54) is 16.7 Å². The molecule has 0 saturated carbocycles. The van der Waals surface area contributed by atoms with Crippen LogP contribution in [0.1, 0.15) is 42.0 Å². The number of carboxylic acid groups (broad SMARTS) is 1. The van der Waals surface area contributed by atoms with E-state index in [9.17, 15) is 4.79 Å². The number of hydrogen-bond donors (Lipinski definition) is 1. The fourth-order valence-corrected chi connectivity index (χ4v) is 5.13. The van der Waals surface area contributed by atoms with Crippen LogP contribution in [0.4, 0.5) is 0 Å². The molecule has 1 saturated heterocycles. The van der Waals surface area contributed by atoms with Crippen LogP contribution in [-0.2, 0) is 30.7 Å². The van der Waals surface area contributed by atoms with Crippen LogP contribution in [-0.4, -0.2) is 35.6 Å². The van der Waals surface area contributed by atoms with Gasteiger partial charge in [-0.2, -0.15) is 0 Å². The smallest absolute Gasteiger partial charge is 0.317 e. The topological polar surface area (TPSA) is 49.8 Å². The van der Waals surface area contributed by atoms with E-state index < -0.39 is 5.97 Å². The molecule has 6 heteroatoms. The van der Waals surface area contributed by atoms with Crippen molar-refractivity contribution in [3.05, 3.63) is 63.7 Å². The first-order valence-corrected chi connectivity index (χ1v) is 10.8. The van der Waals surface area contributed by atoms with Crippen LogP contribution >= 0.6 is 24.0 Å². The van der Waals surface area contributed by atoms with E-state index in [4.69, 9.17) is 21.4 Å². The van der Waals surface area contributed by atoms with Crippen molar-refractivity contribution < 1.29 is 14.6 Å². The minimum atomic E-state index is -0.734. The highest BCUT2D eigenvalue weighted by molar-refractivity contribution is 6.31. The lowest BCUT2D eigenvalue weighted by Gasteiger charge is -2.38. The molecule has 1 aliphatic heterocycles. The van der Waals surface area contributed by atoms with E-state index in [2.05, 4.69) is 36.1 Å². The first kappa shape index (κ1) is 22.9. The summed E-state index contributed by atoms with van der Waals surface area (Å²) >= 11 is 6.39. The number of halogens is 2. The molecule has 2 aromatic carbocycles. The predicted octanol–water partition coefficient (Wildman–Crippen LogP) is 5.17. The van der Waals surface area contributed by atoms with Crippen molar-refractivity contribution in [2.45, 2.75) is 45.6 Å². The van der Waals surface area contributed by atoms with Crippen molar-refractivity contribution >= 4 is 30.0 Å². The Bertz CT molecular complexity index is 907. The molecule has 0 aromatic heterocycles. The maximum Gasteiger partial charge on any atom is 0.317 e. The quantitative estimate of drug-likeness (QED) is 0.660. The zero-order valence-electron chi connectivity index (χ0n) is 17.3. The molecular weight excluding hydrogens is 421 g/mol. The van der Waals surface area contributed by atoms with Gasteiger partial charge in [0.1, 0.15) is 12.4 Å². The van der Waals surface area contributed by atoms with Crippen molar-refractivity contribution in [1.82, 2.24) is 4.90 Å². The second kappa shape index (κ2) is 9.59. The number of aryl methyl sites for hydroxylation is 1. The van der Waals surface area contributed by atoms with Crippen LogP contribution < -0.4 is 4.74 Å². The van der Waals surface area contributed by atoms with Crippen molar-refractivity contribution in [2.24, 2.45) is 5.41 Å². The number of ether oxygens (including phenoxy) is 1. The molecule has 0 unspecified atom stereocenters. The predicted molar refractivity (Wildman–Crippen MR) is 122 cm³/mol. The van der Waals surface area contributed by atoms with Crippen molar-refractivity contribution in [2.75, 3.05) is 19.6 Å². The summed E-state index contributed by atoms with van der Waals surface area (Å²) in [5, 5.41) is 9.78. The first-order chi connectivity index (χ1) is 14.0. The van der Waals surface area contributed by atoms with Crippen molar-refractivity contribution in [3.63, 3.8) is 0 Å². The van der Waals surface area contributed by atoms with Crippen LogP contribution in [0.5, 0.6) is 5.75 Å². The molecule has 0 bridgehead atoms. The average Bonchev–Trinajstić information content (AvgIpc) is 3.05. The van der Waals surface area contributed by atoms with Gasteiger partial charge in [0.25, 0.3) is 0 Å². The van der Waals surface area contributed by atoms with Gasteiger partial charge in [-0.1, -0.05) is 36.7 Å². The summed E-state index contributed by atoms with van der Waals surface area (Å²) in [6, 6.07) is 12.5. The number of aliphatic carboxylic acids is 1. The van der Waals surface area contributed by atoms with Crippen LogP contribution in [0, 0.1) is 5.41 Å². The summed E-state index contributed by atoms with van der Waals surface area (Å²) < 4.78 is 6.12. The summed E-state index contributed by atoms with van der Waals surface area (Å²) in [6.45, 7) is 4.51. The fourth-order valence-electron chi connectivity index (χ4n) is 4.88. The number of benzene rings is 2. The van der Waals surface area contributed by atoms with Gasteiger partial charge < -0.3 is 9.84 Å². The van der Waals surface area contributed by atoms with Gasteiger partial charge >= 0.3 is 5.97 Å². The third-order valence-electron chi connectivity index (χ3n) is 6.56. The zero-order chi connectivity index (χ0) is 20.4. The SMILES string of the molecule is CCc1cccc(Cl)c1COc1ccc2c(c1)CC1(CCN(CC(=O)O)CC1)C2.Cl. The standard InChI is InChI=1S/C24H28ClNO3.ClH/c1-2-17-4-3-5-22(25)21(17)16-29-20-7-6-18-13-24(14-19(18)12-20)8-10-26(11-9-24)15-23(27)28;/h3-7,12H,2,8-11,13-16H2,1H3,(H,27,28);1H. The number of likely N-dealkylation sites (tertiary alicyclic amines) is 1. The molecule has 0 amide bonds. The maximum atomic E-state index is 11.0. The number of carbonyl (C=O) groups is 1. The Labute approximate surface area is 189 Å². The molecule has 2 aliphatic rings. The molecule has 1 fully saturated rings. The Kier molecular flexibility index (Phi) is 7.33. The molecular formula is C24H29Cl2NO3. The Morgan fingerprint density at radius 1 is 1.17 bits per heavy atom. The van der Waals surface area contributed by atoms with E-state index >= 15 is 0 Å². The highest BCUT2D eigenvalue weighted by atomic mass is 35.5.